The first-order valence-corrected chi connectivity index (χ1v) is 9.48. The second-order valence-corrected chi connectivity index (χ2v) is 8.17. The highest BCUT2D eigenvalue weighted by Gasteiger charge is 2.18. The molecule has 0 spiro atoms. The smallest absolute Gasteiger partial charge is 0.151 e. The minimum atomic E-state index is -2.75. The lowest BCUT2D eigenvalue weighted by Gasteiger charge is -2.18. The Balaban J connectivity index is 2.00. The van der Waals surface area contributed by atoms with E-state index in [1.807, 2.05) is 0 Å². The van der Waals surface area contributed by atoms with Crippen LogP contribution in [0.15, 0.2) is 0 Å². The fourth-order valence-electron chi connectivity index (χ4n) is 2.42. The summed E-state index contributed by atoms with van der Waals surface area (Å²) in [6, 6.07) is 0.582. The van der Waals surface area contributed by atoms with Gasteiger partial charge in [0.25, 0.3) is 0 Å². The predicted octanol–water partition coefficient (Wildman–Crippen LogP) is 1.67. The number of sulfone groups is 1. The molecule has 1 rings (SSSR count). The largest absolute Gasteiger partial charge is 0.315 e. The van der Waals surface area contributed by atoms with Crippen LogP contribution in [0.2, 0.25) is 0 Å². The van der Waals surface area contributed by atoms with Crippen molar-refractivity contribution in [3.63, 3.8) is 0 Å². The lowest BCUT2D eigenvalue weighted by atomic mass is 10.2. The quantitative estimate of drug-likeness (QED) is 0.691. The van der Waals surface area contributed by atoms with Crippen molar-refractivity contribution >= 4 is 9.84 Å². The van der Waals surface area contributed by atoms with E-state index in [2.05, 4.69) is 24.1 Å². The van der Waals surface area contributed by atoms with Gasteiger partial charge in [-0.15, -0.1) is 0 Å². The number of hydrogen-bond donors (Lipinski definition) is 1. The molecule has 0 atom stereocenters. The predicted molar refractivity (Wildman–Crippen MR) is 81.3 cm³/mol. The Labute approximate surface area is 118 Å². The van der Waals surface area contributed by atoms with Crippen LogP contribution in [0.4, 0.5) is 0 Å². The van der Waals surface area contributed by atoms with Crippen LogP contribution >= 0.6 is 0 Å². The molecule has 0 aromatic carbocycles. The van der Waals surface area contributed by atoms with Crippen molar-refractivity contribution in [1.82, 2.24) is 10.2 Å². The molecule has 0 aromatic rings. The first-order chi connectivity index (χ1) is 8.99. The minimum absolute atomic E-state index is 0.352. The molecule has 0 amide bonds. The van der Waals surface area contributed by atoms with Gasteiger partial charge in [0.05, 0.1) is 11.5 Å². The van der Waals surface area contributed by atoms with Gasteiger partial charge in [0.2, 0.25) is 0 Å². The van der Waals surface area contributed by atoms with Crippen LogP contribution in [0.25, 0.3) is 0 Å². The molecule has 0 saturated carbocycles. The van der Waals surface area contributed by atoms with E-state index in [0.717, 1.165) is 32.6 Å². The van der Waals surface area contributed by atoms with Crippen molar-refractivity contribution in [3.05, 3.63) is 0 Å². The van der Waals surface area contributed by atoms with Crippen molar-refractivity contribution in [1.29, 1.82) is 0 Å². The molecule has 4 nitrogen and oxygen atoms in total. The Morgan fingerprint density at radius 1 is 1.05 bits per heavy atom. The van der Waals surface area contributed by atoms with E-state index >= 15 is 0 Å². The highest BCUT2D eigenvalue weighted by Crippen LogP contribution is 2.07. The maximum absolute atomic E-state index is 11.5. The third-order valence-corrected chi connectivity index (χ3v) is 5.32. The van der Waals surface area contributed by atoms with Gasteiger partial charge in [0, 0.05) is 12.6 Å². The second kappa shape index (κ2) is 8.93. The summed E-state index contributed by atoms with van der Waals surface area (Å²) in [5.41, 5.74) is 0. The Hall–Kier alpha value is -0.130. The molecule has 5 heteroatoms. The lowest BCUT2D eigenvalue weighted by Crippen LogP contribution is -2.28. The molecule has 19 heavy (non-hydrogen) atoms. The van der Waals surface area contributed by atoms with Gasteiger partial charge in [-0.3, -0.25) is 0 Å². The van der Waals surface area contributed by atoms with Gasteiger partial charge >= 0.3 is 0 Å². The van der Waals surface area contributed by atoms with Crippen molar-refractivity contribution in [3.8, 4) is 0 Å². The van der Waals surface area contributed by atoms with E-state index in [9.17, 15) is 8.42 Å². The zero-order valence-corrected chi connectivity index (χ0v) is 13.3. The first-order valence-electron chi connectivity index (χ1n) is 7.66. The van der Waals surface area contributed by atoms with Gasteiger partial charge < -0.3 is 10.2 Å². The van der Waals surface area contributed by atoms with E-state index in [1.54, 1.807) is 0 Å². The van der Waals surface area contributed by atoms with Crippen molar-refractivity contribution in [2.75, 3.05) is 37.7 Å². The third kappa shape index (κ3) is 8.60. The van der Waals surface area contributed by atoms with Gasteiger partial charge in [-0.1, -0.05) is 26.7 Å². The zero-order valence-electron chi connectivity index (χ0n) is 12.5. The number of hydrogen-bond acceptors (Lipinski definition) is 4. The fraction of sp³-hybridized carbons (Fsp3) is 1.00. The van der Waals surface area contributed by atoms with Gasteiger partial charge in [-0.2, -0.15) is 0 Å². The molecule has 1 aliphatic heterocycles. The van der Waals surface area contributed by atoms with Crippen molar-refractivity contribution in [2.24, 2.45) is 0 Å². The van der Waals surface area contributed by atoms with Crippen LogP contribution in [-0.2, 0) is 9.84 Å². The van der Waals surface area contributed by atoms with Crippen LogP contribution in [0.3, 0.4) is 0 Å². The van der Waals surface area contributed by atoms with Crippen molar-refractivity contribution in [2.45, 2.75) is 52.0 Å². The summed E-state index contributed by atoms with van der Waals surface area (Å²) in [7, 11) is -2.75. The van der Waals surface area contributed by atoms with Crippen LogP contribution < -0.4 is 5.32 Å². The van der Waals surface area contributed by atoms with Crippen LogP contribution in [0, 0.1) is 0 Å². The summed E-state index contributed by atoms with van der Waals surface area (Å²) in [6.07, 6.45) is 5.77. The Bertz CT molecular complexity index is 328. The van der Waals surface area contributed by atoms with Crippen LogP contribution in [-0.4, -0.2) is 57.0 Å². The normalized spacial score (nSPS) is 20.6. The summed E-state index contributed by atoms with van der Waals surface area (Å²) < 4.78 is 23.0. The number of unbranched alkanes of at least 4 members (excludes halogenated alkanes) is 3. The molecule has 1 saturated heterocycles. The molecule has 0 aliphatic carbocycles. The first kappa shape index (κ1) is 16.9. The van der Waals surface area contributed by atoms with Crippen LogP contribution in [0.1, 0.15) is 46.0 Å². The standard InChI is InChI=1S/C14H30N2O2S/c1-14(2)15-8-5-3-4-6-9-16-10-7-12-19(17,18)13-11-16/h14-15H,3-13H2,1-2H3. The van der Waals surface area contributed by atoms with E-state index < -0.39 is 9.84 Å². The molecule has 0 radical (unpaired) electrons. The SMILES string of the molecule is CC(C)NCCCCCCN1CCCS(=O)(=O)CC1. The molecule has 0 unspecified atom stereocenters. The maximum Gasteiger partial charge on any atom is 0.151 e. The van der Waals surface area contributed by atoms with Gasteiger partial charge in [0.1, 0.15) is 0 Å². The molecular weight excluding hydrogens is 260 g/mol. The molecule has 114 valence electrons. The lowest BCUT2D eigenvalue weighted by molar-refractivity contribution is 0.287. The maximum atomic E-state index is 11.5. The minimum Gasteiger partial charge on any atom is -0.315 e. The van der Waals surface area contributed by atoms with E-state index in [4.69, 9.17) is 0 Å². The molecule has 1 aliphatic rings. The van der Waals surface area contributed by atoms with Gasteiger partial charge in [-0.05, 0) is 38.9 Å². The molecule has 0 bridgehead atoms. The van der Waals surface area contributed by atoms with E-state index in [1.165, 1.54) is 25.7 Å². The summed E-state index contributed by atoms with van der Waals surface area (Å²) in [4.78, 5) is 2.32. The average molecular weight is 290 g/mol. The average Bonchev–Trinajstić information content (AvgIpc) is 2.49. The zero-order chi connectivity index (χ0) is 14.1. The monoisotopic (exact) mass is 290 g/mol. The Morgan fingerprint density at radius 3 is 2.53 bits per heavy atom. The van der Waals surface area contributed by atoms with E-state index in [-0.39, 0.29) is 0 Å². The van der Waals surface area contributed by atoms with Crippen molar-refractivity contribution < 1.29 is 8.42 Å². The Kier molecular flexibility index (Phi) is 7.95. The fourth-order valence-corrected chi connectivity index (χ4v) is 3.73. The summed E-state index contributed by atoms with van der Waals surface area (Å²) in [6.45, 7) is 8.21. The third-order valence-electron chi connectivity index (χ3n) is 3.60. The van der Waals surface area contributed by atoms with E-state index in [0.29, 0.717) is 17.5 Å². The summed E-state index contributed by atoms with van der Waals surface area (Å²) in [5.74, 6) is 0.732. The highest BCUT2D eigenvalue weighted by molar-refractivity contribution is 7.91. The summed E-state index contributed by atoms with van der Waals surface area (Å²) >= 11 is 0. The molecule has 1 heterocycles. The number of nitrogens with zero attached hydrogens (tertiary/aromatic N) is 1. The molecule has 1 N–H and O–H groups in total. The Morgan fingerprint density at radius 2 is 1.79 bits per heavy atom. The second-order valence-electron chi connectivity index (χ2n) is 5.87. The summed E-state index contributed by atoms with van der Waals surface area (Å²) in [5, 5.41) is 3.43. The molecular formula is C14H30N2O2S. The molecule has 1 fully saturated rings. The topological polar surface area (TPSA) is 49.4 Å². The number of nitrogens with one attached hydrogen (secondary N) is 1. The van der Waals surface area contributed by atoms with Gasteiger partial charge in [0.15, 0.2) is 9.84 Å². The van der Waals surface area contributed by atoms with Gasteiger partial charge in [-0.25, -0.2) is 8.42 Å². The molecule has 0 aromatic heterocycles. The van der Waals surface area contributed by atoms with Crippen LogP contribution in [0.5, 0.6) is 0 Å². The highest BCUT2D eigenvalue weighted by atomic mass is 32.2. The number of rotatable bonds is 8.